The molecule has 45 heavy (non-hydrogen) atoms. The molecule has 6 rings (SSSR count). The van der Waals surface area contributed by atoms with E-state index < -0.39 is 8.07 Å². The Morgan fingerprint density at radius 2 is 1.49 bits per heavy atom. The summed E-state index contributed by atoms with van der Waals surface area (Å²) in [6.45, 7) is 11.6. The minimum atomic E-state index is -1.36. The Kier molecular flexibility index (Phi) is 12.6. The van der Waals surface area contributed by atoms with Gasteiger partial charge in [0.1, 0.15) is 0 Å². The molecule has 1 aliphatic rings. The van der Waals surface area contributed by atoms with Crippen LogP contribution in [0.2, 0.25) is 19.6 Å². The van der Waals surface area contributed by atoms with Crippen LogP contribution >= 0.6 is 0 Å². The molecular formula is C40H45IrN3Si-2. The van der Waals surface area contributed by atoms with Crippen molar-refractivity contribution in [1.29, 1.82) is 0 Å². The molecule has 0 atom stereocenters. The van der Waals surface area contributed by atoms with Crippen molar-refractivity contribution in [3.05, 3.63) is 121 Å². The summed E-state index contributed by atoms with van der Waals surface area (Å²) in [6.07, 6.45) is 15.4. The molecule has 3 aromatic heterocycles. The summed E-state index contributed by atoms with van der Waals surface area (Å²) in [7, 11) is -1.36. The molecule has 1 radical (unpaired) electrons. The molecular weight excluding hydrogens is 743 g/mol. The molecule has 0 unspecified atom stereocenters. The van der Waals surface area contributed by atoms with Gasteiger partial charge < -0.3 is 15.0 Å². The Bertz CT molecular complexity index is 1590. The molecule has 1 fully saturated rings. The maximum atomic E-state index is 4.77. The minimum absolute atomic E-state index is 0. The van der Waals surface area contributed by atoms with Crippen molar-refractivity contribution in [2.45, 2.75) is 77.9 Å². The zero-order valence-electron chi connectivity index (χ0n) is 27.3. The molecule has 1 saturated carbocycles. The number of pyridine rings is 3. The third-order valence-electron chi connectivity index (χ3n) is 8.48. The minimum Gasteiger partial charge on any atom is -0.356 e. The van der Waals surface area contributed by atoms with Gasteiger partial charge in [0.25, 0.3) is 0 Å². The van der Waals surface area contributed by atoms with Crippen LogP contribution in [0.15, 0.2) is 97.3 Å². The molecule has 0 amide bonds. The Hall–Kier alpha value is -3.24. The molecule has 0 N–H and O–H groups in total. The maximum Gasteiger partial charge on any atom is 0.0798 e. The normalized spacial score (nSPS) is 13.5. The van der Waals surface area contributed by atoms with Gasteiger partial charge in [0.2, 0.25) is 0 Å². The Labute approximate surface area is 285 Å². The quantitative estimate of drug-likeness (QED) is 0.122. The second kappa shape index (κ2) is 16.4. The summed E-state index contributed by atoms with van der Waals surface area (Å²) in [5, 5.41) is 1.54. The predicted octanol–water partition coefficient (Wildman–Crippen LogP) is 9.95. The zero-order valence-corrected chi connectivity index (χ0v) is 30.7. The van der Waals surface area contributed by atoms with E-state index in [4.69, 9.17) is 4.98 Å². The van der Waals surface area contributed by atoms with E-state index in [1.165, 1.54) is 44.1 Å². The topological polar surface area (TPSA) is 38.7 Å². The molecule has 3 nitrogen and oxygen atoms in total. The molecule has 235 valence electrons. The summed E-state index contributed by atoms with van der Waals surface area (Å²) in [4.78, 5) is 13.7. The van der Waals surface area contributed by atoms with E-state index in [0.29, 0.717) is 5.92 Å². The van der Waals surface area contributed by atoms with Gasteiger partial charge in [-0.3, -0.25) is 0 Å². The number of hydrogen-bond acceptors (Lipinski definition) is 3. The molecule has 0 saturated heterocycles. The molecule has 3 heterocycles. The zero-order chi connectivity index (χ0) is 30.9. The number of nitrogens with zero attached hydrogens (tertiary/aromatic N) is 3. The molecule has 2 aromatic carbocycles. The average molecular weight is 788 g/mol. The summed E-state index contributed by atoms with van der Waals surface area (Å²) < 4.78 is 0. The average Bonchev–Trinajstić information content (AvgIpc) is 3.06. The van der Waals surface area contributed by atoms with Crippen LogP contribution in [0.4, 0.5) is 0 Å². The van der Waals surface area contributed by atoms with Crippen molar-refractivity contribution in [1.82, 2.24) is 15.0 Å². The van der Waals surface area contributed by atoms with Crippen LogP contribution in [0.25, 0.3) is 33.6 Å². The number of rotatable bonds is 7. The first kappa shape index (κ1) is 34.6. The van der Waals surface area contributed by atoms with Crippen molar-refractivity contribution in [2.75, 3.05) is 0 Å². The first-order valence-corrected chi connectivity index (χ1v) is 19.6. The SMILES string of the molecule is CC(C)c1ccc(-c2ccc(-c3ccccc3)cn2)[c-]n1.C[Si](C)(C)c1cnc(-c2[c-]cccc2)cc1CC1CCCCC1.[Ir]. The van der Waals surface area contributed by atoms with Crippen LogP contribution < -0.4 is 5.19 Å². The van der Waals surface area contributed by atoms with E-state index in [9.17, 15) is 0 Å². The van der Waals surface area contributed by atoms with Crippen LogP contribution in [0, 0.1) is 18.2 Å². The van der Waals surface area contributed by atoms with E-state index >= 15 is 0 Å². The fourth-order valence-corrected chi connectivity index (χ4v) is 7.52. The second-order valence-corrected chi connectivity index (χ2v) is 18.3. The Balaban J connectivity index is 0.000000201. The maximum absolute atomic E-state index is 4.77. The van der Waals surface area contributed by atoms with Gasteiger partial charge >= 0.3 is 0 Å². The largest absolute Gasteiger partial charge is 0.356 e. The summed E-state index contributed by atoms with van der Waals surface area (Å²) in [5.74, 6) is 1.29. The first-order valence-electron chi connectivity index (χ1n) is 16.1. The standard InChI is InChI=1S/C21H28NSi.C19H17N2.Ir/c1-23(2,3)21-16-22-20(18-12-8-5-9-13-18)15-19(21)14-17-10-6-4-7-11-17;1-14(2)18-10-9-17(13-20-18)19-11-8-16(12-21-19)15-6-4-3-5-7-15;/h5,8-9,12,15-17H,4,6-7,10-11,14H2,1-3H3;3-12,14H,1-2H3;/q2*-1;. The van der Waals surface area contributed by atoms with Gasteiger partial charge in [0, 0.05) is 32.5 Å². The Morgan fingerprint density at radius 1 is 0.756 bits per heavy atom. The molecule has 5 heteroatoms. The van der Waals surface area contributed by atoms with E-state index in [1.54, 1.807) is 10.8 Å². The van der Waals surface area contributed by atoms with Gasteiger partial charge in [0.05, 0.1) is 8.07 Å². The van der Waals surface area contributed by atoms with Crippen LogP contribution in [-0.2, 0) is 26.5 Å². The van der Waals surface area contributed by atoms with E-state index in [2.05, 4.69) is 98.3 Å². The van der Waals surface area contributed by atoms with E-state index in [-0.39, 0.29) is 20.1 Å². The number of benzene rings is 2. The predicted molar refractivity (Wildman–Crippen MR) is 188 cm³/mol. The van der Waals surface area contributed by atoms with Crippen LogP contribution in [-0.4, -0.2) is 23.0 Å². The fraction of sp³-hybridized carbons (Fsp3) is 0.325. The second-order valence-electron chi connectivity index (χ2n) is 13.3. The van der Waals surface area contributed by atoms with Crippen LogP contribution in [0.5, 0.6) is 0 Å². The van der Waals surface area contributed by atoms with Crippen molar-refractivity contribution in [2.24, 2.45) is 5.92 Å². The molecule has 0 spiro atoms. The number of hydrogen-bond donors (Lipinski definition) is 0. The fourth-order valence-electron chi connectivity index (χ4n) is 5.93. The molecule has 0 bridgehead atoms. The third-order valence-corrected chi connectivity index (χ3v) is 10.5. The van der Waals surface area contributed by atoms with Crippen LogP contribution in [0.3, 0.4) is 0 Å². The van der Waals surface area contributed by atoms with Gasteiger partial charge in [-0.05, 0) is 57.8 Å². The van der Waals surface area contributed by atoms with Gasteiger partial charge in [0.15, 0.2) is 0 Å². The molecule has 0 aliphatic heterocycles. The summed E-state index contributed by atoms with van der Waals surface area (Å²) >= 11 is 0. The number of aromatic nitrogens is 3. The molecule has 5 aromatic rings. The van der Waals surface area contributed by atoms with E-state index in [1.807, 2.05) is 54.7 Å². The summed E-state index contributed by atoms with van der Waals surface area (Å²) in [6, 6.07) is 32.3. The molecule has 1 aliphatic carbocycles. The van der Waals surface area contributed by atoms with E-state index in [0.717, 1.165) is 39.7 Å². The first-order chi connectivity index (χ1) is 21.3. The van der Waals surface area contributed by atoms with Gasteiger partial charge in [-0.1, -0.05) is 120 Å². The summed E-state index contributed by atoms with van der Waals surface area (Å²) in [5.41, 5.74) is 8.92. The third kappa shape index (κ3) is 9.62. The van der Waals surface area contributed by atoms with Crippen molar-refractivity contribution >= 4 is 13.3 Å². The Morgan fingerprint density at radius 3 is 2.09 bits per heavy atom. The smallest absolute Gasteiger partial charge is 0.0798 e. The van der Waals surface area contributed by atoms with Crippen molar-refractivity contribution in [3.8, 4) is 33.6 Å². The van der Waals surface area contributed by atoms with Crippen molar-refractivity contribution in [3.63, 3.8) is 0 Å². The monoisotopic (exact) mass is 788 g/mol. The van der Waals surface area contributed by atoms with Crippen molar-refractivity contribution < 1.29 is 20.1 Å². The van der Waals surface area contributed by atoms with Gasteiger partial charge in [-0.15, -0.1) is 53.6 Å². The van der Waals surface area contributed by atoms with Gasteiger partial charge in [-0.2, -0.15) is 0 Å². The van der Waals surface area contributed by atoms with Gasteiger partial charge in [-0.25, -0.2) is 0 Å². The van der Waals surface area contributed by atoms with Crippen LogP contribution in [0.1, 0.15) is 63.1 Å².